The topological polar surface area (TPSA) is 159 Å². The average molecular weight is 490 g/mol. The number of nitrogens with two attached hydrogens (primary N) is 1. The fourth-order valence-electron chi connectivity index (χ4n) is 3.22. The highest BCUT2D eigenvalue weighted by Gasteiger charge is 2.29. The van der Waals surface area contributed by atoms with Gasteiger partial charge in [-0.15, -0.1) is 0 Å². The van der Waals surface area contributed by atoms with Crippen molar-refractivity contribution in [3.63, 3.8) is 0 Å². The van der Waals surface area contributed by atoms with Gasteiger partial charge in [-0.2, -0.15) is 0 Å². The van der Waals surface area contributed by atoms with Gasteiger partial charge in [-0.3, -0.25) is 19.2 Å². The number of ketones is 1. The number of benzene rings is 1. The van der Waals surface area contributed by atoms with Crippen LogP contribution in [0.25, 0.3) is 0 Å². The molecule has 2 atom stereocenters. The molecule has 0 aliphatic heterocycles. The van der Waals surface area contributed by atoms with E-state index in [0.29, 0.717) is 12.1 Å². The maximum absolute atomic E-state index is 13.1. The fraction of sp³-hybridized carbons (Fsp3) is 0.560. The quantitative estimate of drug-likeness (QED) is 0.252. The average Bonchev–Trinajstić information content (AvgIpc) is 2.78. The molecule has 10 nitrogen and oxygen atoms in total. The second-order valence-electron chi connectivity index (χ2n) is 9.26. The Bertz CT molecular complexity index is 883. The third-order valence-electron chi connectivity index (χ3n) is 5.43. The Morgan fingerprint density at radius 1 is 0.886 bits per heavy atom. The molecule has 1 aromatic rings. The SMILES string of the molecule is Cc1ccc(NC(=O)[C@H](CCCNC(N)=O)NC(=O)[C@@H](NC(=O)CCC(=O)C(C)C)C(C)C)cc1. The summed E-state index contributed by atoms with van der Waals surface area (Å²) in [6, 6.07) is 4.78. The minimum Gasteiger partial charge on any atom is -0.352 e. The van der Waals surface area contributed by atoms with E-state index in [1.54, 1.807) is 39.8 Å². The lowest BCUT2D eigenvalue weighted by atomic mass is 10.0. The summed E-state index contributed by atoms with van der Waals surface area (Å²) < 4.78 is 0. The van der Waals surface area contributed by atoms with Crippen LogP contribution in [0.2, 0.25) is 0 Å². The first-order chi connectivity index (χ1) is 16.4. The molecule has 0 aliphatic carbocycles. The number of urea groups is 1. The largest absolute Gasteiger partial charge is 0.352 e. The van der Waals surface area contributed by atoms with Gasteiger partial charge in [0.25, 0.3) is 0 Å². The molecule has 0 radical (unpaired) electrons. The van der Waals surface area contributed by atoms with Crippen molar-refractivity contribution in [3.05, 3.63) is 29.8 Å². The maximum Gasteiger partial charge on any atom is 0.312 e. The number of hydrogen-bond acceptors (Lipinski definition) is 5. The minimum absolute atomic E-state index is 0.0103. The zero-order valence-electron chi connectivity index (χ0n) is 21.3. The molecule has 5 amide bonds. The van der Waals surface area contributed by atoms with Gasteiger partial charge >= 0.3 is 6.03 Å². The molecule has 0 aliphatic rings. The van der Waals surface area contributed by atoms with E-state index in [0.717, 1.165) is 5.56 Å². The molecule has 0 aromatic heterocycles. The van der Waals surface area contributed by atoms with Gasteiger partial charge < -0.3 is 27.0 Å². The van der Waals surface area contributed by atoms with Crippen LogP contribution in [0.5, 0.6) is 0 Å². The molecule has 6 N–H and O–H groups in total. The third kappa shape index (κ3) is 11.5. The number of primary amides is 1. The molecular formula is C25H39N5O5. The summed E-state index contributed by atoms with van der Waals surface area (Å²) >= 11 is 0. The zero-order valence-corrected chi connectivity index (χ0v) is 21.3. The lowest BCUT2D eigenvalue weighted by molar-refractivity contribution is -0.132. The van der Waals surface area contributed by atoms with Crippen molar-refractivity contribution >= 4 is 35.2 Å². The maximum atomic E-state index is 13.1. The van der Waals surface area contributed by atoms with E-state index in [9.17, 15) is 24.0 Å². The van der Waals surface area contributed by atoms with Crippen molar-refractivity contribution in [2.75, 3.05) is 11.9 Å². The second kappa shape index (κ2) is 14.7. The van der Waals surface area contributed by atoms with Gasteiger partial charge in [0, 0.05) is 31.0 Å². The van der Waals surface area contributed by atoms with Crippen LogP contribution in [0.3, 0.4) is 0 Å². The Labute approximate surface area is 207 Å². The fourth-order valence-corrected chi connectivity index (χ4v) is 3.22. The van der Waals surface area contributed by atoms with Crippen molar-refractivity contribution in [1.82, 2.24) is 16.0 Å². The van der Waals surface area contributed by atoms with Crippen LogP contribution in [-0.4, -0.2) is 48.2 Å². The number of anilines is 1. The van der Waals surface area contributed by atoms with Crippen LogP contribution in [0.15, 0.2) is 24.3 Å². The van der Waals surface area contributed by atoms with Gasteiger partial charge in [0.05, 0.1) is 0 Å². The summed E-state index contributed by atoms with van der Waals surface area (Å²) in [7, 11) is 0. The lowest BCUT2D eigenvalue weighted by Gasteiger charge is -2.25. The molecule has 0 bridgehead atoms. The van der Waals surface area contributed by atoms with E-state index in [2.05, 4.69) is 21.3 Å². The molecule has 0 saturated carbocycles. The van der Waals surface area contributed by atoms with E-state index >= 15 is 0 Å². The third-order valence-corrected chi connectivity index (χ3v) is 5.43. The standard InChI is InChI=1S/C25H39N5O5/c1-15(2)20(31)12-13-21(32)30-22(16(3)4)24(34)29-19(7-6-14-27-25(26)35)23(33)28-18-10-8-17(5)9-11-18/h8-11,15-16,19,22H,6-7,12-14H2,1-5H3,(H,28,33)(H,29,34)(H,30,32)(H3,26,27,35)/t19-,22-/m0/s1. The summed E-state index contributed by atoms with van der Waals surface area (Å²) in [4.78, 5) is 61.1. The van der Waals surface area contributed by atoms with E-state index < -0.39 is 35.8 Å². The van der Waals surface area contributed by atoms with Gasteiger partial charge in [0.15, 0.2) is 0 Å². The first kappa shape index (κ1) is 29.6. The summed E-state index contributed by atoms with van der Waals surface area (Å²) in [5.41, 5.74) is 6.70. The van der Waals surface area contributed by atoms with Crippen molar-refractivity contribution in [2.45, 2.75) is 72.4 Å². The molecule has 10 heteroatoms. The number of aryl methyl sites for hydroxylation is 1. The predicted molar refractivity (Wildman–Crippen MR) is 134 cm³/mol. The van der Waals surface area contributed by atoms with Crippen molar-refractivity contribution in [1.29, 1.82) is 0 Å². The number of rotatable bonds is 14. The van der Waals surface area contributed by atoms with Crippen LogP contribution < -0.4 is 27.0 Å². The summed E-state index contributed by atoms with van der Waals surface area (Å²) in [5.74, 6) is -1.77. The number of hydrogen-bond donors (Lipinski definition) is 5. The second-order valence-corrected chi connectivity index (χ2v) is 9.26. The molecule has 0 saturated heterocycles. The van der Waals surface area contributed by atoms with Gasteiger partial charge in [-0.05, 0) is 37.8 Å². The number of nitrogens with one attached hydrogen (secondary N) is 4. The summed E-state index contributed by atoms with van der Waals surface area (Å²) in [5, 5.41) is 10.7. The van der Waals surface area contributed by atoms with Crippen molar-refractivity contribution < 1.29 is 24.0 Å². The molecule has 1 aromatic carbocycles. The summed E-state index contributed by atoms with van der Waals surface area (Å²) in [6.45, 7) is 9.27. The normalized spacial score (nSPS) is 12.5. The van der Waals surface area contributed by atoms with Crippen LogP contribution in [0.4, 0.5) is 10.5 Å². The Morgan fingerprint density at radius 3 is 2.06 bits per heavy atom. The molecule has 0 unspecified atom stereocenters. The number of amides is 5. The Morgan fingerprint density at radius 2 is 1.51 bits per heavy atom. The minimum atomic E-state index is -0.904. The monoisotopic (exact) mass is 489 g/mol. The first-order valence-corrected chi connectivity index (χ1v) is 11.9. The van der Waals surface area contributed by atoms with Crippen molar-refractivity contribution in [3.8, 4) is 0 Å². The van der Waals surface area contributed by atoms with Crippen LogP contribution >= 0.6 is 0 Å². The number of Topliss-reactive ketones (excluding diaryl/α,β-unsaturated/α-hetero) is 1. The molecule has 0 fully saturated rings. The van der Waals surface area contributed by atoms with Gasteiger partial charge in [-0.25, -0.2) is 4.79 Å². The summed E-state index contributed by atoms with van der Waals surface area (Å²) in [6.07, 6.45) is 0.727. The number of carbonyl (C=O) groups excluding carboxylic acids is 5. The van der Waals surface area contributed by atoms with Crippen molar-refractivity contribution in [2.24, 2.45) is 17.6 Å². The van der Waals surface area contributed by atoms with Crippen LogP contribution in [-0.2, 0) is 19.2 Å². The van der Waals surface area contributed by atoms with E-state index in [4.69, 9.17) is 5.73 Å². The Hall–Kier alpha value is -3.43. The smallest absolute Gasteiger partial charge is 0.312 e. The van der Waals surface area contributed by atoms with Gasteiger partial charge in [-0.1, -0.05) is 45.4 Å². The van der Waals surface area contributed by atoms with E-state index in [1.165, 1.54) is 0 Å². The molecule has 35 heavy (non-hydrogen) atoms. The van der Waals surface area contributed by atoms with E-state index in [1.807, 2.05) is 19.1 Å². The Kier molecular flexibility index (Phi) is 12.5. The predicted octanol–water partition coefficient (Wildman–Crippen LogP) is 2.01. The lowest BCUT2D eigenvalue weighted by Crippen LogP contribution is -2.54. The highest BCUT2D eigenvalue weighted by atomic mass is 16.2. The highest BCUT2D eigenvalue weighted by Crippen LogP contribution is 2.11. The molecular weight excluding hydrogens is 450 g/mol. The number of carbonyl (C=O) groups is 5. The molecule has 194 valence electrons. The highest BCUT2D eigenvalue weighted by molar-refractivity contribution is 5.98. The molecule has 0 heterocycles. The van der Waals surface area contributed by atoms with E-state index in [-0.39, 0.29) is 43.4 Å². The molecule has 0 spiro atoms. The van der Waals surface area contributed by atoms with Gasteiger partial charge in [0.2, 0.25) is 17.7 Å². The van der Waals surface area contributed by atoms with Crippen LogP contribution in [0, 0.1) is 18.8 Å². The molecule has 1 rings (SSSR count). The van der Waals surface area contributed by atoms with Crippen LogP contribution in [0.1, 0.15) is 58.9 Å². The Balaban J connectivity index is 2.86. The zero-order chi connectivity index (χ0) is 26.5. The first-order valence-electron chi connectivity index (χ1n) is 11.9. The van der Waals surface area contributed by atoms with Gasteiger partial charge in [0.1, 0.15) is 17.9 Å².